The molecule has 2 N–H and O–H groups in total. The molecule has 18 heavy (non-hydrogen) atoms. The summed E-state index contributed by atoms with van der Waals surface area (Å²) in [7, 11) is 1.69. The van der Waals surface area contributed by atoms with Crippen LogP contribution in [0.25, 0.3) is 0 Å². The van der Waals surface area contributed by atoms with Crippen molar-refractivity contribution in [3.8, 4) is 0 Å². The summed E-state index contributed by atoms with van der Waals surface area (Å²) in [6, 6.07) is -1.08. The number of carboxylic acid groups (broad SMARTS) is 1. The van der Waals surface area contributed by atoms with Crippen LogP contribution in [0.4, 0.5) is 4.79 Å². The van der Waals surface area contributed by atoms with Crippen molar-refractivity contribution in [2.24, 2.45) is 0 Å². The Balaban J connectivity index is 4.10. The fourth-order valence-electron chi connectivity index (χ4n) is 1.47. The summed E-state index contributed by atoms with van der Waals surface area (Å²) < 4.78 is 0. The van der Waals surface area contributed by atoms with Crippen LogP contribution in [0.3, 0.4) is 0 Å². The average molecular weight is 276 g/mol. The molecule has 0 rings (SSSR count). The molecule has 1 atom stereocenters. The molecule has 0 spiro atoms. The van der Waals surface area contributed by atoms with Crippen LogP contribution in [0.15, 0.2) is 0 Å². The molecule has 0 fully saturated rings. The zero-order valence-electron chi connectivity index (χ0n) is 11.4. The molecular formula is C12H24N2O3S. The molecule has 0 saturated carbocycles. The minimum absolute atomic E-state index is 0.306. The Bertz CT molecular complexity index is 262. The lowest BCUT2D eigenvalue weighted by molar-refractivity contribution is -0.139. The zero-order chi connectivity index (χ0) is 14.0. The van der Waals surface area contributed by atoms with E-state index in [9.17, 15) is 9.59 Å². The minimum atomic E-state index is -0.964. The summed E-state index contributed by atoms with van der Waals surface area (Å²) in [5, 5.41) is 11.6. The fourth-order valence-corrected chi connectivity index (χ4v) is 1.89. The number of carbonyl (C=O) groups is 2. The second-order valence-electron chi connectivity index (χ2n) is 4.25. The predicted octanol–water partition coefficient (Wildman–Crippen LogP) is 2.02. The van der Waals surface area contributed by atoms with E-state index in [0.29, 0.717) is 13.0 Å². The monoisotopic (exact) mass is 276 g/mol. The largest absolute Gasteiger partial charge is 0.480 e. The average Bonchev–Trinajstić information content (AvgIpc) is 2.33. The van der Waals surface area contributed by atoms with Gasteiger partial charge in [-0.1, -0.05) is 19.8 Å². The minimum Gasteiger partial charge on any atom is -0.480 e. The quantitative estimate of drug-likeness (QED) is 0.632. The molecule has 106 valence electrons. The molecule has 0 bridgehead atoms. The van der Waals surface area contributed by atoms with Gasteiger partial charge in [0.05, 0.1) is 0 Å². The topological polar surface area (TPSA) is 69.6 Å². The zero-order valence-corrected chi connectivity index (χ0v) is 12.3. The number of carbonyl (C=O) groups excluding carboxylic acids is 1. The second-order valence-corrected chi connectivity index (χ2v) is 5.24. The highest BCUT2D eigenvalue weighted by Crippen LogP contribution is 2.02. The molecule has 0 aromatic heterocycles. The lowest BCUT2D eigenvalue weighted by Gasteiger charge is -2.21. The summed E-state index contributed by atoms with van der Waals surface area (Å²) in [5.74, 6) is 0.0322. The lowest BCUT2D eigenvalue weighted by Crippen LogP contribution is -2.46. The van der Waals surface area contributed by atoms with E-state index in [-0.39, 0.29) is 6.03 Å². The molecule has 5 nitrogen and oxygen atoms in total. The van der Waals surface area contributed by atoms with Gasteiger partial charge in [0.15, 0.2) is 0 Å². The molecule has 0 aliphatic carbocycles. The van der Waals surface area contributed by atoms with Gasteiger partial charge in [-0.25, -0.2) is 9.59 Å². The normalized spacial score (nSPS) is 11.9. The van der Waals surface area contributed by atoms with Crippen molar-refractivity contribution < 1.29 is 14.7 Å². The SMILES string of the molecule is CCCC[C@H](NC(=O)N(C)CCCSC)C(=O)O. The van der Waals surface area contributed by atoms with Gasteiger partial charge in [0, 0.05) is 13.6 Å². The molecule has 0 radical (unpaired) electrons. The van der Waals surface area contributed by atoms with Crippen LogP contribution in [0, 0.1) is 0 Å². The van der Waals surface area contributed by atoms with E-state index in [0.717, 1.165) is 25.0 Å². The smallest absolute Gasteiger partial charge is 0.326 e. The number of rotatable bonds is 9. The number of nitrogens with zero attached hydrogens (tertiary/aromatic N) is 1. The molecular weight excluding hydrogens is 252 g/mol. The van der Waals surface area contributed by atoms with Crippen LogP contribution in [-0.2, 0) is 4.79 Å². The van der Waals surface area contributed by atoms with Gasteiger partial charge in [0.2, 0.25) is 0 Å². The van der Waals surface area contributed by atoms with Gasteiger partial charge in [-0.05, 0) is 24.9 Å². The van der Waals surface area contributed by atoms with Crippen LogP contribution in [0.2, 0.25) is 0 Å². The Kier molecular flexibility index (Phi) is 9.55. The third-order valence-corrected chi connectivity index (χ3v) is 3.33. The Morgan fingerprint density at radius 2 is 2.06 bits per heavy atom. The Labute approximate surface area is 113 Å². The first-order chi connectivity index (χ1) is 8.52. The summed E-state index contributed by atoms with van der Waals surface area (Å²) in [5.41, 5.74) is 0. The second kappa shape index (κ2) is 10.1. The number of urea groups is 1. The first kappa shape index (κ1) is 17.1. The van der Waals surface area contributed by atoms with Crippen molar-refractivity contribution in [1.29, 1.82) is 0 Å². The van der Waals surface area contributed by atoms with Gasteiger partial charge < -0.3 is 15.3 Å². The van der Waals surface area contributed by atoms with Gasteiger partial charge in [-0.3, -0.25) is 0 Å². The number of carboxylic acids is 1. The van der Waals surface area contributed by atoms with Gasteiger partial charge in [0.25, 0.3) is 0 Å². The van der Waals surface area contributed by atoms with E-state index in [1.54, 1.807) is 18.8 Å². The number of hydrogen-bond acceptors (Lipinski definition) is 3. The number of unbranched alkanes of at least 4 members (excludes halogenated alkanes) is 1. The van der Waals surface area contributed by atoms with Crippen LogP contribution in [0.1, 0.15) is 32.6 Å². The number of aliphatic carboxylic acids is 1. The standard InChI is InChI=1S/C12H24N2O3S/c1-4-5-7-10(11(15)16)13-12(17)14(2)8-6-9-18-3/h10H,4-9H2,1-3H3,(H,13,17)(H,15,16)/t10-/m0/s1. The highest BCUT2D eigenvalue weighted by molar-refractivity contribution is 7.98. The number of amides is 2. The van der Waals surface area contributed by atoms with Gasteiger partial charge in [-0.2, -0.15) is 11.8 Å². The van der Waals surface area contributed by atoms with Crippen molar-refractivity contribution in [3.63, 3.8) is 0 Å². The Hall–Kier alpha value is -0.910. The lowest BCUT2D eigenvalue weighted by atomic mass is 10.1. The summed E-state index contributed by atoms with van der Waals surface area (Å²) in [4.78, 5) is 24.3. The van der Waals surface area contributed by atoms with Crippen molar-refractivity contribution in [3.05, 3.63) is 0 Å². The Morgan fingerprint density at radius 1 is 1.39 bits per heavy atom. The number of thioether (sulfide) groups is 1. The number of hydrogen-bond donors (Lipinski definition) is 2. The van der Waals surface area contributed by atoms with E-state index in [1.807, 2.05) is 13.2 Å². The molecule has 0 heterocycles. The van der Waals surface area contributed by atoms with E-state index >= 15 is 0 Å². The summed E-state index contributed by atoms with van der Waals surface area (Å²) in [6.07, 6.45) is 5.13. The third kappa shape index (κ3) is 7.42. The van der Waals surface area contributed by atoms with E-state index in [1.165, 1.54) is 4.90 Å². The van der Waals surface area contributed by atoms with Gasteiger partial charge in [-0.15, -0.1) is 0 Å². The summed E-state index contributed by atoms with van der Waals surface area (Å²) >= 11 is 1.73. The molecule has 2 amide bonds. The van der Waals surface area contributed by atoms with E-state index in [2.05, 4.69) is 5.32 Å². The Morgan fingerprint density at radius 3 is 2.56 bits per heavy atom. The first-order valence-corrected chi connectivity index (χ1v) is 7.65. The predicted molar refractivity (Wildman–Crippen MR) is 75.1 cm³/mol. The van der Waals surface area contributed by atoms with Crippen LogP contribution >= 0.6 is 11.8 Å². The molecule has 0 aromatic rings. The van der Waals surface area contributed by atoms with E-state index in [4.69, 9.17) is 5.11 Å². The first-order valence-electron chi connectivity index (χ1n) is 6.26. The molecule has 0 aromatic carbocycles. The maximum absolute atomic E-state index is 11.8. The van der Waals surface area contributed by atoms with E-state index < -0.39 is 12.0 Å². The van der Waals surface area contributed by atoms with Crippen molar-refractivity contribution in [2.75, 3.05) is 25.6 Å². The molecule has 0 aliphatic rings. The highest BCUT2D eigenvalue weighted by atomic mass is 32.2. The maximum Gasteiger partial charge on any atom is 0.326 e. The highest BCUT2D eigenvalue weighted by Gasteiger charge is 2.20. The van der Waals surface area contributed by atoms with Crippen molar-refractivity contribution >= 4 is 23.8 Å². The van der Waals surface area contributed by atoms with Crippen LogP contribution < -0.4 is 5.32 Å². The fraction of sp³-hybridized carbons (Fsp3) is 0.833. The molecule has 0 aliphatic heterocycles. The van der Waals surface area contributed by atoms with Crippen LogP contribution in [0.5, 0.6) is 0 Å². The summed E-state index contributed by atoms with van der Waals surface area (Å²) in [6.45, 7) is 2.64. The van der Waals surface area contributed by atoms with Crippen LogP contribution in [-0.4, -0.2) is 53.6 Å². The van der Waals surface area contributed by atoms with Crippen molar-refractivity contribution in [2.45, 2.75) is 38.6 Å². The molecule has 0 saturated heterocycles. The maximum atomic E-state index is 11.8. The third-order valence-electron chi connectivity index (χ3n) is 2.63. The van der Waals surface area contributed by atoms with Gasteiger partial charge in [0.1, 0.15) is 6.04 Å². The van der Waals surface area contributed by atoms with Gasteiger partial charge >= 0.3 is 12.0 Å². The number of nitrogens with one attached hydrogen (secondary N) is 1. The van der Waals surface area contributed by atoms with Crippen molar-refractivity contribution in [1.82, 2.24) is 10.2 Å². The molecule has 6 heteroatoms. The molecule has 0 unspecified atom stereocenters.